The Kier molecular flexibility index (Phi) is 4.97. The fourth-order valence-electron chi connectivity index (χ4n) is 3.47. The van der Waals surface area contributed by atoms with Crippen molar-refractivity contribution in [1.82, 2.24) is 10.2 Å². The van der Waals surface area contributed by atoms with Gasteiger partial charge < -0.3 is 10.2 Å². The lowest BCUT2D eigenvalue weighted by molar-refractivity contribution is 0.303. The minimum Gasteiger partial charge on any atom is -0.360 e. The molecule has 120 valence electrons. The van der Waals surface area contributed by atoms with Crippen molar-refractivity contribution < 1.29 is 4.39 Å². The van der Waals surface area contributed by atoms with Gasteiger partial charge >= 0.3 is 0 Å². The van der Waals surface area contributed by atoms with Crippen LogP contribution < -0.4 is 5.32 Å². The van der Waals surface area contributed by atoms with Crippen molar-refractivity contribution in [2.75, 3.05) is 0 Å². The molecule has 0 aliphatic heterocycles. The van der Waals surface area contributed by atoms with Crippen LogP contribution in [0.4, 0.5) is 4.39 Å². The van der Waals surface area contributed by atoms with Gasteiger partial charge in [-0.25, -0.2) is 4.39 Å². The van der Waals surface area contributed by atoms with Crippen LogP contribution in [-0.4, -0.2) is 22.1 Å². The second-order valence-electron chi connectivity index (χ2n) is 6.62. The van der Waals surface area contributed by atoms with Crippen LogP contribution in [0.15, 0.2) is 24.3 Å². The predicted molar refractivity (Wildman–Crippen MR) is 92.3 cm³/mol. The molecule has 0 radical (unpaired) electrons. The minimum absolute atomic E-state index is 0.0164. The van der Waals surface area contributed by atoms with Crippen LogP contribution in [0.5, 0.6) is 0 Å². The zero-order chi connectivity index (χ0) is 15.5. The molecule has 0 spiro atoms. The average molecular weight is 320 g/mol. The molecule has 0 saturated heterocycles. The SMILES string of the molecule is C[C@H](c1ccccc1F)N(C(=S)NC1CCCCC1)C1CC1. The highest BCUT2D eigenvalue weighted by Gasteiger charge is 2.35. The number of rotatable bonds is 4. The number of benzene rings is 1. The molecular formula is C18H25FN2S. The summed E-state index contributed by atoms with van der Waals surface area (Å²) in [4.78, 5) is 2.22. The summed E-state index contributed by atoms with van der Waals surface area (Å²) in [5, 5.41) is 4.36. The number of nitrogens with one attached hydrogen (secondary N) is 1. The third kappa shape index (κ3) is 3.60. The topological polar surface area (TPSA) is 15.3 Å². The summed E-state index contributed by atoms with van der Waals surface area (Å²) in [5.74, 6) is -0.138. The largest absolute Gasteiger partial charge is 0.360 e. The number of halogens is 1. The van der Waals surface area contributed by atoms with E-state index < -0.39 is 0 Å². The average Bonchev–Trinajstić information content (AvgIpc) is 3.33. The first kappa shape index (κ1) is 15.7. The zero-order valence-corrected chi connectivity index (χ0v) is 14.0. The van der Waals surface area contributed by atoms with Gasteiger partial charge in [-0.3, -0.25) is 0 Å². The Bertz CT molecular complexity index is 524. The van der Waals surface area contributed by atoms with Crippen molar-refractivity contribution >= 4 is 17.3 Å². The molecular weight excluding hydrogens is 295 g/mol. The van der Waals surface area contributed by atoms with Gasteiger partial charge in [-0.05, 0) is 50.9 Å². The van der Waals surface area contributed by atoms with Crippen molar-refractivity contribution in [2.45, 2.75) is 70.0 Å². The molecule has 22 heavy (non-hydrogen) atoms. The number of thiocarbonyl (C=S) groups is 1. The van der Waals surface area contributed by atoms with Gasteiger partial charge in [0.15, 0.2) is 5.11 Å². The van der Waals surface area contributed by atoms with Crippen LogP contribution >= 0.6 is 12.2 Å². The first-order valence-electron chi connectivity index (χ1n) is 8.50. The normalized spacial score (nSPS) is 20.5. The molecule has 1 aromatic rings. The Hall–Kier alpha value is -1.16. The van der Waals surface area contributed by atoms with Crippen LogP contribution in [-0.2, 0) is 0 Å². The maximum absolute atomic E-state index is 14.1. The zero-order valence-electron chi connectivity index (χ0n) is 13.2. The molecule has 3 rings (SSSR count). The number of nitrogens with zero attached hydrogens (tertiary/aromatic N) is 1. The first-order chi connectivity index (χ1) is 10.7. The van der Waals surface area contributed by atoms with E-state index in [4.69, 9.17) is 12.2 Å². The van der Waals surface area contributed by atoms with Gasteiger partial charge in [-0.1, -0.05) is 37.5 Å². The Balaban J connectivity index is 1.71. The smallest absolute Gasteiger partial charge is 0.169 e. The fourth-order valence-corrected chi connectivity index (χ4v) is 3.94. The third-order valence-corrected chi connectivity index (χ3v) is 5.21. The molecule has 4 heteroatoms. The van der Waals surface area contributed by atoms with E-state index in [1.54, 1.807) is 6.07 Å². The molecule has 1 atom stereocenters. The molecule has 1 aromatic carbocycles. The maximum Gasteiger partial charge on any atom is 0.169 e. The van der Waals surface area contributed by atoms with Crippen molar-refractivity contribution in [1.29, 1.82) is 0 Å². The summed E-state index contributed by atoms with van der Waals surface area (Å²) in [5.41, 5.74) is 0.738. The molecule has 0 bridgehead atoms. The highest BCUT2D eigenvalue weighted by molar-refractivity contribution is 7.80. The highest BCUT2D eigenvalue weighted by Crippen LogP contribution is 2.35. The highest BCUT2D eigenvalue weighted by atomic mass is 32.1. The second kappa shape index (κ2) is 6.95. The van der Waals surface area contributed by atoms with Gasteiger partial charge in [-0.2, -0.15) is 0 Å². The molecule has 0 heterocycles. The molecule has 1 N–H and O–H groups in total. The summed E-state index contributed by atoms with van der Waals surface area (Å²) in [6, 6.07) is 8.00. The van der Waals surface area contributed by atoms with Gasteiger partial charge in [0.1, 0.15) is 5.82 Å². The Labute approximate surface area is 138 Å². The molecule has 0 unspecified atom stereocenters. The van der Waals surface area contributed by atoms with Crippen molar-refractivity contribution in [3.63, 3.8) is 0 Å². The predicted octanol–water partition coefficient (Wildman–Crippen LogP) is 4.56. The summed E-state index contributed by atoms with van der Waals surface area (Å²) < 4.78 is 14.1. The molecule has 0 aromatic heterocycles. The van der Waals surface area contributed by atoms with E-state index in [2.05, 4.69) is 17.1 Å². The van der Waals surface area contributed by atoms with Gasteiger partial charge in [0.2, 0.25) is 0 Å². The van der Waals surface area contributed by atoms with Crippen molar-refractivity contribution in [3.8, 4) is 0 Å². The standard InChI is InChI=1S/C18H25FN2S/c1-13(16-9-5-6-10-17(16)19)21(15-11-12-15)18(22)20-14-7-3-2-4-8-14/h5-6,9-10,13-15H,2-4,7-8,11-12H2,1H3,(H,20,22)/t13-/m1/s1. The monoisotopic (exact) mass is 320 g/mol. The Morgan fingerprint density at radius 2 is 1.86 bits per heavy atom. The van der Waals surface area contributed by atoms with Gasteiger partial charge in [0.25, 0.3) is 0 Å². The molecule has 2 aliphatic rings. The van der Waals surface area contributed by atoms with E-state index in [-0.39, 0.29) is 11.9 Å². The molecule has 2 saturated carbocycles. The second-order valence-corrected chi connectivity index (χ2v) is 7.01. The summed E-state index contributed by atoms with van der Waals surface area (Å²) in [7, 11) is 0. The van der Waals surface area contributed by atoms with E-state index in [0.29, 0.717) is 12.1 Å². The quantitative estimate of drug-likeness (QED) is 0.819. The maximum atomic E-state index is 14.1. The molecule has 2 nitrogen and oxygen atoms in total. The Morgan fingerprint density at radius 3 is 2.50 bits per heavy atom. The van der Waals surface area contributed by atoms with Crippen molar-refractivity contribution in [3.05, 3.63) is 35.6 Å². The Morgan fingerprint density at radius 1 is 1.18 bits per heavy atom. The van der Waals surface area contributed by atoms with Crippen LogP contribution in [0.1, 0.15) is 63.5 Å². The van der Waals surface area contributed by atoms with Crippen LogP contribution in [0, 0.1) is 5.82 Å². The fraction of sp³-hybridized carbons (Fsp3) is 0.611. The van der Waals surface area contributed by atoms with E-state index in [9.17, 15) is 4.39 Å². The van der Waals surface area contributed by atoms with Gasteiger partial charge in [-0.15, -0.1) is 0 Å². The summed E-state index contributed by atoms with van der Waals surface area (Å²) >= 11 is 5.68. The van der Waals surface area contributed by atoms with Crippen LogP contribution in [0.2, 0.25) is 0 Å². The lowest BCUT2D eigenvalue weighted by atomic mass is 9.96. The minimum atomic E-state index is -0.138. The van der Waals surface area contributed by atoms with Gasteiger partial charge in [0.05, 0.1) is 6.04 Å². The number of hydrogen-bond donors (Lipinski definition) is 1. The van der Waals surface area contributed by atoms with E-state index in [0.717, 1.165) is 23.5 Å². The number of hydrogen-bond acceptors (Lipinski definition) is 1. The summed E-state index contributed by atoms with van der Waals surface area (Å²) in [6.07, 6.45) is 8.62. The molecule has 2 fully saturated rings. The molecule has 0 amide bonds. The van der Waals surface area contributed by atoms with Crippen LogP contribution in [0.25, 0.3) is 0 Å². The van der Waals surface area contributed by atoms with Crippen molar-refractivity contribution in [2.24, 2.45) is 0 Å². The lowest BCUT2D eigenvalue weighted by Crippen LogP contribution is -2.47. The first-order valence-corrected chi connectivity index (χ1v) is 8.91. The van der Waals surface area contributed by atoms with E-state index in [1.165, 1.54) is 38.2 Å². The lowest BCUT2D eigenvalue weighted by Gasteiger charge is -2.35. The third-order valence-electron chi connectivity index (χ3n) is 4.88. The van der Waals surface area contributed by atoms with Crippen LogP contribution in [0.3, 0.4) is 0 Å². The summed E-state index contributed by atoms with van der Waals surface area (Å²) in [6.45, 7) is 2.06. The van der Waals surface area contributed by atoms with Gasteiger partial charge in [0, 0.05) is 17.6 Å². The van der Waals surface area contributed by atoms with E-state index >= 15 is 0 Å². The molecule has 2 aliphatic carbocycles. The van der Waals surface area contributed by atoms with E-state index in [1.807, 2.05) is 12.1 Å².